The van der Waals surface area contributed by atoms with Gasteiger partial charge in [0.05, 0.1) is 11.0 Å². The SMILES string of the molecule is COC(C)CN1CCN(CCNS(=O)(=O)c2ccccc2)CC1. The van der Waals surface area contributed by atoms with Crippen LogP contribution in [0.4, 0.5) is 0 Å². The van der Waals surface area contributed by atoms with E-state index in [1.54, 1.807) is 31.4 Å². The van der Waals surface area contributed by atoms with E-state index in [4.69, 9.17) is 4.74 Å². The minimum atomic E-state index is -3.39. The lowest BCUT2D eigenvalue weighted by Crippen LogP contribution is -2.50. The molecule has 1 unspecified atom stereocenters. The normalized spacial score (nSPS) is 18.9. The van der Waals surface area contributed by atoms with Crippen LogP contribution in [-0.4, -0.2) is 77.2 Å². The largest absolute Gasteiger partial charge is 0.380 e. The number of methoxy groups -OCH3 is 1. The molecule has 1 atom stereocenters. The first kappa shape index (κ1) is 18.4. The van der Waals surface area contributed by atoms with Gasteiger partial charge in [-0.05, 0) is 19.1 Å². The second kappa shape index (κ2) is 8.75. The van der Waals surface area contributed by atoms with Crippen molar-refractivity contribution in [2.45, 2.75) is 17.9 Å². The van der Waals surface area contributed by atoms with Gasteiger partial charge in [-0.15, -0.1) is 0 Å². The molecule has 6 nitrogen and oxygen atoms in total. The summed E-state index contributed by atoms with van der Waals surface area (Å²) in [4.78, 5) is 5.00. The highest BCUT2D eigenvalue weighted by Crippen LogP contribution is 2.07. The van der Waals surface area contributed by atoms with Crippen LogP contribution in [0.3, 0.4) is 0 Å². The molecule has 1 N–H and O–H groups in total. The van der Waals surface area contributed by atoms with Crippen molar-refractivity contribution in [3.8, 4) is 0 Å². The monoisotopic (exact) mass is 341 g/mol. The molecule has 23 heavy (non-hydrogen) atoms. The fourth-order valence-corrected chi connectivity index (χ4v) is 3.70. The molecule has 0 bridgehead atoms. The van der Waals surface area contributed by atoms with Crippen LogP contribution < -0.4 is 4.72 Å². The zero-order valence-electron chi connectivity index (χ0n) is 13.9. The zero-order chi connectivity index (χ0) is 16.7. The van der Waals surface area contributed by atoms with Crippen LogP contribution in [0.15, 0.2) is 35.2 Å². The van der Waals surface area contributed by atoms with Crippen LogP contribution in [0.25, 0.3) is 0 Å². The molecule has 0 radical (unpaired) electrons. The highest BCUT2D eigenvalue weighted by Gasteiger charge is 2.19. The maximum atomic E-state index is 12.1. The van der Waals surface area contributed by atoms with Gasteiger partial charge in [0.1, 0.15) is 0 Å². The van der Waals surface area contributed by atoms with Crippen LogP contribution in [-0.2, 0) is 14.8 Å². The van der Waals surface area contributed by atoms with E-state index < -0.39 is 10.0 Å². The minimum Gasteiger partial charge on any atom is -0.380 e. The summed E-state index contributed by atoms with van der Waals surface area (Å²) in [5.41, 5.74) is 0. The van der Waals surface area contributed by atoms with Crippen LogP contribution in [0.1, 0.15) is 6.92 Å². The molecule has 2 rings (SSSR count). The van der Waals surface area contributed by atoms with E-state index in [1.807, 2.05) is 6.07 Å². The maximum absolute atomic E-state index is 12.1. The van der Waals surface area contributed by atoms with Gasteiger partial charge < -0.3 is 4.74 Å². The van der Waals surface area contributed by atoms with Gasteiger partial charge in [0.15, 0.2) is 0 Å². The number of rotatable bonds is 8. The van der Waals surface area contributed by atoms with Crippen LogP contribution in [0.2, 0.25) is 0 Å². The molecule has 1 heterocycles. The summed E-state index contributed by atoms with van der Waals surface area (Å²) >= 11 is 0. The lowest BCUT2D eigenvalue weighted by atomic mass is 10.3. The van der Waals surface area contributed by atoms with Gasteiger partial charge >= 0.3 is 0 Å². The Morgan fingerprint density at radius 1 is 1.13 bits per heavy atom. The number of hydrogen-bond donors (Lipinski definition) is 1. The Balaban J connectivity index is 1.70. The van der Waals surface area contributed by atoms with Crippen LogP contribution in [0, 0.1) is 0 Å². The number of piperazine rings is 1. The van der Waals surface area contributed by atoms with E-state index in [1.165, 1.54) is 0 Å². The molecule has 1 aliphatic heterocycles. The third-order valence-electron chi connectivity index (χ3n) is 4.16. The molecule has 1 aromatic rings. The fraction of sp³-hybridized carbons (Fsp3) is 0.625. The number of nitrogens with zero attached hydrogens (tertiary/aromatic N) is 2. The van der Waals surface area contributed by atoms with E-state index in [0.717, 1.165) is 39.3 Å². The summed E-state index contributed by atoms with van der Waals surface area (Å²) < 4.78 is 32.2. The smallest absolute Gasteiger partial charge is 0.240 e. The lowest BCUT2D eigenvalue weighted by Gasteiger charge is -2.35. The fourth-order valence-electron chi connectivity index (χ4n) is 2.65. The predicted molar refractivity (Wildman–Crippen MR) is 91.0 cm³/mol. The highest BCUT2D eigenvalue weighted by atomic mass is 32.2. The van der Waals surface area contributed by atoms with Gasteiger partial charge in [-0.1, -0.05) is 18.2 Å². The van der Waals surface area contributed by atoms with Gasteiger partial charge in [0.2, 0.25) is 10.0 Å². The summed E-state index contributed by atoms with van der Waals surface area (Å²) in [5.74, 6) is 0. The second-order valence-corrected chi connectivity index (χ2v) is 7.67. The molecule has 130 valence electrons. The van der Waals surface area contributed by atoms with Crippen molar-refractivity contribution in [3.63, 3.8) is 0 Å². The molecule has 0 saturated carbocycles. The van der Waals surface area contributed by atoms with Gasteiger partial charge in [0.25, 0.3) is 0 Å². The number of hydrogen-bond acceptors (Lipinski definition) is 5. The van der Waals surface area contributed by atoms with Gasteiger partial charge in [-0.2, -0.15) is 0 Å². The molecule has 1 saturated heterocycles. The van der Waals surface area contributed by atoms with Crippen molar-refractivity contribution in [1.82, 2.24) is 14.5 Å². The first-order valence-corrected chi connectivity index (χ1v) is 9.52. The molecule has 1 aromatic carbocycles. The standard InChI is InChI=1S/C16H27N3O3S/c1-15(22-2)14-19-12-10-18(11-13-19)9-8-17-23(20,21)16-6-4-3-5-7-16/h3-7,15,17H,8-14H2,1-2H3. The van der Waals surface area contributed by atoms with Crippen molar-refractivity contribution < 1.29 is 13.2 Å². The molecule has 0 aliphatic carbocycles. The van der Waals surface area contributed by atoms with Crippen molar-refractivity contribution >= 4 is 10.0 Å². The third kappa shape index (κ3) is 5.86. The van der Waals surface area contributed by atoms with Crippen molar-refractivity contribution in [3.05, 3.63) is 30.3 Å². The summed E-state index contributed by atoms with van der Waals surface area (Å²) in [6.07, 6.45) is 0.249. The van der Waals surface area contributed by atoms with Gasteiger partial charge in [-0.25, -0.2) is 13.1 Å². The van der Waals surface area contributed by atoms with E-state index in [2.05, 4.69) is 21.4 Å². The number of benzene rings is 1. The van der Waals surface area contributed by atoms with E-state index in [-0.39, 0.29) is 6.10 Å². The Labute approximate surface area is 139 Å². The summed E-state index contributed by atoms with van der Waals surface area (Å²) in [7, 11) is -1.66. The molecule has 1 aliphatic rings. The van der Waals surface area contributed by atoms with Crippen molar-refractivity contribution in [1.29, 1.82) is 0 Å². The topological polar surface area (TPSA) is 61.9 Å². The predicted octanol–water partition coefficient (Wildman–Crippen LogP) is 0.617. The van der Waals surface area contributed by atoms with Gasteiger partial charge in [-0.3, -0.25) is 9.80 Å². The van der Waals surface area contributed by atoms with Crippen molar-refractivity contribution in [2.24, 2.45) is 0 Å². The first-order valence-electron chi connectivity index (χ1n) is 8.03. The molecular weight excluding hydrogens is 314 g/mol. The average Bonchev–Trinajstić information content (AvgIpc) is 2.57. The Bertz CT molecular complexity index is 557. The summed E-state index contributed by atoms with van der Waals surface area (Å²) in [5, 5.41) is 0. The Kier molecular flexibility index (Phi) is 6.98. The maximum Gasteiger partial charge on any atom is 0.240 e. The average molecular weight is 341 g/mol. The quantitative estimate of drug-likeness (QED) is 0.751. The molecule has 0 spiro atoms. The van der Waals surface area contributed by atoms with Crippen molar-refractivity contribution in [2.75, 3.05) is 52.9 Å². The van der Waals surface area contributed by atoms with E-state index in [9.17, 15) is 8.42 Å². The third-order valence-corrected chi connectivity index (χ3v) is 5.63. The van der Waals surface area contributed by atoms with Gasteiger partial charge in [0, 0.05) is 52.9 Å². The Morgan fingerprint density at radius 3 is 2.35 bits per heavy atom. The number of sulfonamides is 1. The molecule has 1 fully saturated rings. The van der Waals surface area contributed by atoms with Crippen LogP contribution in [0.5, 0.6) is 0 Å². The number of ether oxygens (including phenoxy) is 1. The highest BCUT2D eigenvalue weighted by molar-refractivity contribution is 7.89. The molecule has 0 aromatic heterocycles. The molecule has 7 heteroatoms. The minimum absolute atomic E-state index is 0.249. The first-order chi connectivity index (χ1) is 11.0. The van der Waals surface area contributed by atoms with E-state index >= 15 is 0 Å². The second-order valence-electron chi connectivity index (χ2n) is 5.90. The molecule has 0 amide bonds. The molecular formula is C16H27N3O3S. The number of nitrogens with one attached hydrogen (secondary N) is 1. The lowest BCUT2D eigenvalue weighted by molar-refractivity contribution is 0.0530. The van der Waals surface area contributed by atoms with Crippen LogP contribution >= 0.6 is 0 Å². The zero-order valence-corrected chi connectivity index (χ0v) is 14.8. The Morgan fingerprint density at radius 2 is 1.74 bits per heavy atom. The Hall–Kier alpha value is -0.990. The van der Waals surface area contributed by atoms with E-state index in [0.29, 0.717) is 11.4 Å². The summed E-state index contributed by atoms with van der Waals surface area (Å²) in [6.45, 7) is 8.12. The summed E-state index contributed by atoms with van der Waals surface area (Å²) in [6, 6.07) is 8.49.